The molecule has 19 heavy (non-hydrogen) atoms. The molecule has 0 saturated heterocycles. The minimum atomic E-state index is -0.252. The minimum absolute atomic E-state index is 0.237. The van der Waals surface area contributed by atoms with Gasteiger partial charge in [-0.15, -0.1) is 0 Å². The first kappa shape index (κ1) is 13.8. The molecule has 0 aliphatic rings. The Kier molecular flexibility index (Phi) is 4.06. The number of halogens is 1. The van der Waals surface area contributed by atoms with E-state index in [2.05, 4.69) is 31.5 Å². The number of rotatable bonds is 3. The molecule has 0 saturated carbocycles. The third kappa shape index (κ3) is 3.05. The largest absolute Gasteiger partial charge is 0.382 e. The number of carbonyl (C=O) groups is 1. The number of hydrogen-bond acceptors (Lipinski definition) is 5. The second-order valence-corrected chi connectivity index (χ2v) is 5.75. The maximum Gasteiger partial charge on any atom is 0.269 e. The predicted molar refractivity (Wildman–Crippen MR) is 82.9 cm³/mol. The number of nitrogens with one attached hydrogen (secondary N) is 2. The number of nitrogens with zero attached hydrogens (tertiary/aromatic N) is 1. The molecule has 1 aromatic heterocycles. The second kappa shape index (κ2) is 5.58. The molecule has 1 amide bonds. The summed E-state index contributed by atoms with van der Waals surface area (Å²) in [6.07, 6.45) is 0. The van der Waals surface area contributed by atoms with Crippen molar-refractivity contribution in [2.45, 2.75) is 6.92 Å². The zero-order valence-electron chi connectivity index (χ0n) is 10.5. The highest BCUT2D eigenvalue weighted by atomic mass is 79.9. The van der Waals surface area contributed by atoms with Gasteiger partial charge in [0.15, 0.2) is 5.13 Å². The molecule has 0 fully saturated rings. The lowest BCUT2D eigenvalue weighted by atomic mass is 10.2. The molecule has 1 aromatic carbocycles. The summed E-state index contributed by atoms with van der Waals surface area (Å²) in [5, 5.41) is 6.29. The van der Waals surface area contributed by atoms with Crippen LogP contribution in [0.4, 0.5) is 16.6 Å². The van der Waals surface area contributed by atoms with Crippen molar-refractivity contribution in [1.82, 2.24) is 4.98 Å². The van der Waals surface area contributed by atoms with E-state index in [1.54, 1.807) is 7.05 Å². The number of carbonyl (C=O) groups excluding carboxylic acids is 1. The highest BCUT2D eigenvalue weighted by molar-refractivity contribution is 9.10. The standard InChI is InChI=1S/C12H13BrN4OS/c1-6-5-7(3-4-8(6)13)16-11(18)9-10(14)17-12(15-2)19-9/h3-5H,14H2,1-2H3,(H,15,17)(H,16,18). The molecule has 0 atom stereocenters. The molecule has 0 radical (unpaired) electrons. The quantitative estimate of drug-likeness (QED) is 0.801. The van der Waals surface area contributed by atoms with Crippen molar-refractivity contribution in [2.75, 3.05) is 23.4 Å². The van der Waals surface area contributed by atoms with E-state index in [0.717, 1.165) is 15.7 Å². The van der Waals surface area contributed by atoms with Gasteiger partial charge in [-0.2, -0.15) is 0 Å². The molecule has 7 heteroatoms. The minimum Gasteiger partial charge on any atom is -0.382 e. The first-order valence-corrected chi connectivity index (χ1v) is 7.13. The van der Waals surface area contributed by atoms with Gasteiger partial charge in [-0.1, -0.05) is 27.3 Å². The highest BCUT2D eigenvalue weighted by Gasteiger charge is 2.16. The molecular weight excluding hydrogens is 328 g/mol. The second-order valence-electron chi connectivity index (χ2n) is 3.90. The van der Waals surface area contributed by atoms with Crippen LogP contribution in [0, 0.1) is 6.92 Å². The van der Waals surface area contributed by atoms with Crippen LogP contribution in [0.15, 0.2) is 22.7 Å². The molecule has 0 bridgehead atoms. The van der Waals surface area contributed by atoms with Crippen molar-refractivity contribution in [1.29, 1.82) is 0 Å². The number of aryl methyl sites for hydroxylation is 1. The van der Waals surface area contributed by atoms with Crippen LogP contribution < -0.4 is 16.4 Å². The Morgan fingerprint density at radius 3 is 2.79 bits per heavy atom. The van der Waals surface area contributed by atoms with Gasteiger partial charge < -0.3 is 16.4 Å². The zero-order chi connectivity index (χ0) is 14.0. The number of anilines is 3. The molecule has 100 valence electrons. The van der Waals surface area contributed by atoms with Crippen LogP contribution in [0.5, 0.6) is 0 Å². The molecule has 1 heterocycles. The lowest BCUT2D eigenvalue weighted by molar-refractivity contribution is 0.103. The van der Waals surface area contributed by atoms with E-state index >= 15 is 0 Å². The summed E-state index contributed by atoms with van der Waals surface area (Å²) in [7, 11) is 1.73. The van der Waals surface area contributed by atoms with Crippen LogP contribution in [0.3, 0.4) is 0 Å². The SMILES string of the molecule is CNc1nc(N)c(C(=O)Nc2ccc(Br)c(C)c2)s1. The number of hydrogen-bond donors (Lipinski definition) is 3. The monoisotopic (exact) mass is 340 g/mol. The van der Waals surface area contributed by atoms with Gasteiger partial charge in [-0.05, 0) is 30.7 Å². The van der Waals surface area contributed by atoms with E-state index in [4.69, 9.17) is 5.73 Å². The Labute approximate surface area is 123 Å². The average molecular weight is 341 g/mol. The van der Waals surface area contributed by atoms with Crippen molar-refractivity contribution < 1.29 is 4.79 Å². The molecule has 0 spiro atoms. The van der Waals surface area contributed by atoms with Gasteiger partial charge in [0.2, 0.25) is 0 Å². The molecule has 0 unspecified atom stereocenters. The summed E-state index contributed by atoms with van der Waals surface area (Å²) in [4.78, 5) is 16.5. The van der Waals surface area contributed by atoms with E-state index in [1.807, 2.05) is 25.1 Å². The first-order valence-electron chi connectivity index (χ1n) is 5.53. The normalized spacial score (nSPS) is 10.3. The number of amides is 1. The molecule has 5 nitrogen and oxygen atoms in total. The average Bonchev–Trinajstić information content (AvgIpc) is 2.75. The van der Waals surface area contributed by atoms with Crippen molar-refractivity contribution in [2.24, 2.45) is 0 Å². The van der Waals surface area contributed by atoms with Gasteiger partial charge in [0, 0.05) is 17.2 Å². The summed E-state index contributed by atoms with van der Waals surface area (Å²) in [6.45, 7) is 1.96. The van der Waals surface area contributed by atoms with E-state index in [0.29, 0.717) is 10.0 Å². The van der Waals surface area contributed by atoms with Gasteiger partial charge in [0.1, 0.15) is 10.7 Å². The lowest BCUT2D eigenvalue weighted by Gasteiger charge is -2.06. The molecule has 0 aliphatic carbocycles. The number of aromatic nitrogens is 1. The number of nitrogens with two attached hydrogens (primary N) is 1. The van der Waals surface area contributed by atoms with E-state index in [-0.39, 0.29) is 11.7 Å². The summed E-state index contributed by atoms with van der Waals surface area (Å²) in [6, 6.07) is 5.60. The van der Waals surface area contributed by atoms with Crippen LogP contribution in [-0.4, -0.2) is 17.9 Å². The fourth-order valence-corrected chi connectivity index (χ4v) is 2.49. The smallest absolute Gasteiger partial charge is 0.269 e. The maximum absolute atomic E-state index is 12.1. The Balaban J connectivity index is 2.20. The third-order valence-electron chi connectivity index (χ3n) is 2.49. The fourth-order valence-electron chi connectivity index (χ4n) is 1.51. The van der Waals surface area contributed by atoms with Crippen molar-refractivity contribution in [3.05, 3.63) is 33.1 Å². The van der Waals surface area contributed by atoms with E-state index < -0.39 is 0 Å². The van der Waals surface area contributed by atoms with E-state index in [9.17, 15) is 4.79 Å². The maximum atomic E-state index is 12.1. The Bertz CT molecular complexity index is 626. The Morgan fingerprint density at radius 2 is 2.21 bits per heavy atom. The third-order valence-corrected chi connectivity index (χ3v) is 4.47. The molecular formula is C12H13BrN4OS. The Hall–Kier alpha value is -1.60. The molecule has 0 aliphatic heterocycles. The molecule has 4 N–H and O–H groups in total. The van der Waals surface area contributed by atoms with Gasteiger partial charge in [-0.25, -0.2) is 4.98 Å². The van der Waals surface area contributed by atoms with Crippen LogP contribution in [0.25, 0.3) is 0 Å². The van der Waals surface area contributed by atoms with Crippen LogP contribution in [0.2, 0.25) is 0 Å². The van der Waals surface area contributed by atoms with Gasteiger partial charge >= 0.3 is 0 Å². The van der Waals surface area contributed by atoms with E-state index in [1.165, 1.54) is 11.3 Å². The topological polar surface area (TPSA) is 80.0 Å². The summed E-state index contributed by atoms with van der Waals surface area (Å²) < 4.78 is 1.00. The lowest BCUT2D eigenvalue weighted by Crippen LogP contribution is -2.12. The van der Waals surface area contributed by atoms with Crippen molar-refractivity contribution in [3.8, 4) is 0 Å². The molecule has 2 rings (SSSR count). The fraction of sp³-hybridized carbons (Fsp3) is 0.167. The van der Waals surface area contributed by atoms with Crippen LogP contribution >= 0.6 is 27.3 Å². The summed E-state index contributed by atoms with van der Waals surface area (Å²) >= 11 is 4.64. The van der Waals surface area contributed by atoms with Gasteiger partial charge in [0.25, 0.3) is 5.91 Å². The summed E-state index contributed by atoms with van der Waals surface area (Å²) in [5.74, 6) is -0.0149. The van der Waals surface area contributed by atoms with Gasteiger partial charge in [-0.3, -0.25) is 4.79 Å². The van der Waals surface area contributed by atoms with Crippen molar-refractivity contribution >= 4 is 49.8 Å². The zero-order valence-corrected chi connectivity index (χ0v) is 12.9. The first-order chi connectivity index (χ1) is 9.01. The predicted octanol–water partition coefficient (Wildman–Crippen LogP) is 3.09. The molecule has 2 aromatic rings. The van der Waals surface area contributed by atoms with Crippen LogP contribution in [-0.2, 0) is 0 Å². The van der Waals surface area contributed by atoms with Gasteiger partial charge in [0.05, 0.1) is 0 Å². The number of nitrogen functional groups attached to an aromatic ring is 1. The number of benzene rings is 1. The highest BCUT2D eigenvalue weighted by Crippen LogP contribution is 2.26. The Morgan fingerprint density at radius 1 is 1.47 bits per heavy atom. The van der Waals surface area contributed by atoms with Crippen molar-refractivity contribution in [3.63, 3.8) is 0 Å². The summed E-state index contributed by atoms with van der Waals surface area (Å²) in [5.41, 5.74) is 7.49. The van der Waals surface area contributed by atoms with Crippen LogP contribution in [0.1, 0.15) is 15.2 Å². The number of thiazole rings is 1.